The summed E-state index contributed by atoms with van der Waals surface area (Å²) >= 11 is 6.11. The molecule has 1 aromatic carbocycles. The van der Waals surface area contributed by atoms with Gasteiger partial charge >= 0.3 is 0 Å². The number of nitrogens with zero attached hydrogens (tertiary/aromatic N) is 1. The van der Waals surface area contributed by atoms with Crippen molar-refractivity contribution >= 4 is 17.3 Å². The summed E-state index contributed by atoms with van der Waals surface area (Å²) in [5.41, 5.74) is 2.60. The molecular weight excluding hydrogens is 244 g/mol. The highest BCUT2D eigenvalue weighted by molar-refractivity contribution is 6.30. The molecule has 0 aromatic heterocycles. The largest absolute Gasteiger partial charge is 0.374 e. The fourth-order valence-corrected chi connectivity index (χ4v) is 2.36. The van der Waals surface area contributed by atoms with Crippen LogP contribution in [0.3, 0.4) is 0 Å². The van der Waals surface area contributed by atoms with Crippen molar-refractivity contribution < 1.29 is 0 Å². The maximum Gasteiger partial charge on any atom is 0.0410 e. The molecule has 1 N–H and O–H groups in total. The van der Waals surface area contributed by atoms with E-state index >= 15 is 0 Å². The molecule has 1 aromatic rings. The molecule has 0 radical (unpaired) electrons. The Kier molecular flexibility index (Phi) is 4.52. The third-order valence-corrected chi connectivity index (χ3v) is 3.62. The Morgan fingerprint density at radius 2 is 2.11 bits per heavy atom. The molecule has 18 heavy (non-hydrogen) atoms. The lowest BCUT2D eigenvalue weighted by atomic mass is 10.1. The quantitative estimate of drug-likeness (QED) is 0.845. The lowest BCUT2D eigenvalue weighted by molar-refractivity contribution is 0.588. The van der Waals surface area contributed by atoms with Crippen molar-refractivity contribution in [1.82, 2.24) is 5.32 Å². The van der Waals surface area contributed by atoms with Gasteiger partial charge < -0.3 is 10.2 Å². The zero-order chi connectivity index (χ0) is 13.1. The molecular formula is C15H23ClN2. The molecule has 2 rings (SSSR count). The molecule has 1 saturated carbocycles. The summed E-state index contributed by atoms with van der Waals surface area (Å²) in [6.45, 7) is 6.37. The molecule has 1 aliphatic carbocycles. The molecule has 0 heterocycles. The van der Waals surface area contributed by atoms with Crippen LogP contribution in [0, 0.1) is 5.92 Å². The third-order valence-electron chi connectivity index (χ3n) is 3.38. The third kappa shape index (κ3) is 3.89. The highest BCUT2D eigenvalue weighted by atomic mass is 35.5. The number of rotatable bonds is 6. The van der Waals surface area contributed by atoms with Crippen LogP contribution in [-0.4, -0.2) is 19.6 Å². The van der Waals surface area contributed by atoms with Crippen molar-refractivity contribution in [3.8, 4) is 0 Å². The van der Waals surface area contributed by atoms with E-state index in [2.05, 4.69) is 43.2 Å². The lowest BCUT2D eigenvalue weighted by Crippen LogP contribution is -2.25. The summed E-state index contributed by atoms with van der Waals surface area (Å²) in [5.74, 6) is 0.900. The van der Waals surface area contributed by atoms with Crippen molar-refractivity contribution in [2.75, 3.05) is 18.5 Å². The molecule has 0 amide bonds. The van der Waals surface area contributed by atoms with Crippen molar-refractivity contribution in [3.63, 3.8) is 0 Å². The highest BCUT2D eigenvalue weighted by Gasteiger charge is 2.23. The Morgan fingerprint density at radius 3 is 2.72 bits per heavy atom. The molecule has 0 unspecified atom stereocenters. The van der Waals surface area contributed by atoms with Crippen LogP contribution in [0.2, 0.25) is 5.02 Å². The van der Waals surface area contributed by atoms with Gasteiger partial charge in [-0.1, -0.05) is 25.4 Å². The van der Waals surface area contributed by atoms with Crippen molar-refractivity contribution in [2.24, 2.45) is 5.92 Å². The minimum Gasteiger partial charge on any atom is -0.374 e. The molecule has 2 nitrogen and oxygen atoms in total. The standard InChI is InChI=1S/C15H23ClN2/c1-11(2)17-9-13-8-14(16)6-7-15(13)18(3)10-12-4-5-12/h6-8,11-12,17H,4-5,9-10H2,1-3H3. The minimum atomic E-state index is 0.491. The Balaban J connectivity index is 2.10. The predicted molar refractivity (Wildman–Crippen MR) is 79.4 cm³/mol. The zero-order valence-corrected chi connectivity index (χ0v) is 12.3. The molecule has 3 heteroatoms. The number of hydrogen-bond donors (Lipinski definition) is 1. The Morgan fingerprint density at radius 1 is 1.39 bits per heavy atom. The number of hydrogen-bond acceptors (Lipinski definition) is 2. The molecule has 0 saturated heterocycles. The summed E-state index contributed by atoms with van der Waals surface area (Å²) in [7, 11) is 2.18. The van der Waals surface area contributed by atoms with Crippen LogP contribution >= 0.6 is 11.6 Å². The fraction of sp³-hybridized carbons (Fsp3) is 0.600. The highest BCUT2D eigenvalue weighted by Crippen LogP contribution is 2.32. The fourth-order valence-electron chi connectivity index (χ4n) is 2.17. The van der Waals surface area contributed by atoms with E-state index in [0.717, 1.165) is 24.0 Å². The van der Waals surface area contributed by atoms with Gasteiger partial charge in [-0.15, -0.1) is 0 Å². The minimum absolute atomic E-state index is 0.491. The van der Waals surface area contributed by atoms with E-state index in [-0.39, 0.29) is 0 Å². The van der Waals surface area contributed by atoms with Crippen molar-refractivity contribution in [3.05, 3.63) is 28.8 Å². The summed E-state index contributed by atoms with van der Waals surface area (Å²) in [5, 5.41) is 4.29. The van der Waals surface area contributed by atoms with E-state index in [1.807, 2.05) is 6.07 Å². The first-order valence-corrected chi connectivity index (χ1v) is 7.17. The van der Waals surface area contributed by atoms with Gasteiger partial charge in [0.2, 0.25) is 0 Å². The van der Waals surface area contributed by atoms with Crippen LogP contribution < -0.4 is 10.2 Å². The van der Waals surface area contributed by atoms with Gasteiger partial charge in [-0.05, 0) is 42.5 Å². The van der Waals surface area contributed by atoms with Gasteiger partial charge in [-0.25, -0.2) is 0 Å². The molecule has 100 valence electrons. The van der Waals surface area contributed by atoms with Gasteiger partial charge in [-0.3, -0.25) is 0 Å². The first-order valence-electron chi connectivity index (χ1n) is 6.79. The maximum absolute atomic E-state index is 6.11. The van der Waals surface area contributed by atoms with Gasteiger partial charge in [0.15, 0.2) is 0 Å². The first-order chi connectivity index (χ1) is 8.56. The molecule has 1 aliphatic rings. The SMILES string of the molecule is CC(C)NCc1cc(Cl)ccc1N(C)CC1CC1. The van der Waals surface area contributed by atoms with Gasteiger partial charge in [0.25, 0.3) is 0 Å². The second-order valence-electron chi connectivity index (χ2n) is 5.63. The van der Waals surface area contributed by atoms with Crippen molar-refractivity contribution in [1.29, 1.82) is 0 Å². The van der Waals surface area contributed by atoms with Gasteiger partial charge in [0, 0.05) is 36.9 Å². The van der Waals surface area contributed by atoms with Gasteiger partial charge in [-0.2, -0.15) is 0 Å². The number of benzene rings is 1. The summed E-state index contributed by atoms with van der Waals surface area (Å²) in [6.07, 6.45) is 2.77. The number of nitrogens with one attached hydrogen (secondary N) is 1. The Bertz CT molecular complexity index is 399. The zero-order valence-electron chi connectivity index (χ0n) is 11.5. The number of anilines is 1. The van der Waals surface area contributed by atoms with Crippen LogP contribution in [0.4, 0.5) is 5.69 Å². The predicted octanol–water partition coefficient (Wildman–Crippen LogP) is 3.68. The smallest absolute Gasteiger partial charge is 0.0410 e. The van der Waals surface area contributed by atoms with Crippen molar-refractivity contribution in [2.45, 2.75) is 39.3 Å². The van der Waals surface area contributed by atoms with Gasteiger partial charge in [0.05, 0.1) is 0 Å². The number of halogens is 1. The monoisotopic (exact) mass is 266 g/mol. The van der Waals surface area contributed by atoms with Crippen LogP contribution in [0.25, 0.3) is 0 Å². The first kappa shape index (κ1) is 13.7. The van der Waals surface area contributed by atoms with Crippen LogP contribution in [-0.2, 0) is 6.54 Å². The molecule has 0 bridgehead atoms. The molecule has 0 spiro atoms. The second-order valence-corrected chi connectivity index (χ2v) is 6.07. The molecule has 1 fully saturated rings. The average molecular weight is 267 g/mol. The summed E-state index contributed by atoms with van der Waals surface area (Å²) < 4.78 is 0. The van der Waals surface area contributed by atoms with Crippen LogP contribution in [0.1, 0.15) is 32.3 Å². The summed E-state index contributed by atoms with van der Waals surface area (Å²) in [6, 6.07) is 6.70. The normalized spacial score (nSPS) is 15.2. The second kappa shape index (κ2) is 5.94. The molecule has 0 atom stereocenters. The van der Waals surface area contributed by atoms with Gasteiger partial charge in [0.1, 0.15) is 0 Å². The van der Waals surface area contributed by atoms with E-state index in [4.69, 9.17) is 11.6 Å². The lowest BCUT2D eigenvalue weighted by Gasteiger charge is -2.23. The van der Waals surface area contributed by atoms with Crippen LogP contribution in [0.15, 0.2) is 18.2 Å². The van der Waals surface area contributed by atoms with E-state index in [1.165, 1.54) is 24.1 Å². The van der Waals surface area contributed by atoms with E-state index in [0.29, 0.717) is 6.04 Å². The Hall–Kier alpha value is -0.730. The summed E-state index contributed by atoms with van der Waals surface area (Å²) in [4.78, 5) is 2.37. The Labute approximate surface area is 115 Å². The van der Waals surface area contributed by atoms with E-state index in [1.54, 1.807) is 0 Å². The van der Waals surface area contributed by atoms with Crippen LogP contribution in [0.5, 0.6) is 0 Å². The van der Waals surface area contributed by atoms with E-state index < -0.39 is 0 Å². The van der Waals surface area contributed by atoms with E-state index in [9.17, 15) is 0 Å². The molecule has 0 aliphatic heterocycles. The average Bonchev–Trinajstić information content (AvgIpc) is 3.10. The maximum atomic E-state index is 6.11. The topological polar surface area (TPSA) is 15.3 Å².